The summed E-state index contributed by atoms with van der Waals surface area (Å²) in [5.74, 6) is 0.294. The first-order valence-electron chi connectivity index (χ1n) is 5.77. The summed E-state index contributed by atoms with van der Waals surface area (Å²) in [5.41, 5.74) is 0. The van der Waals surface area contributed by atoms with Crippen LogP contribution in [0.1, 0.15) is 26.2 Å². The fourth-order valence-electron chi connectivity index (χ4n) is 2.53. The molecule has 0 aromatic carbocycles. The van der Waals surface area contributed by atoms with Crippen molar-refractivity contribution >= 4 is 23.4 Å². The van der Waals surface area contributed by atoms with E-state index in [1.54, 1.807) is 6.92 Å². The van der Waals surface area contributed by atoms with Gasteiger partial charge in [-0.2, -0.15) is 0 Å². The SMILES string of the molecule is CC(=O)N1CCC(N2CC(Cl)CC2=O)CC1. The molecule has 0 N–H and O–H groups in total. The molecular weight excluding hydrogens is 228 g/mol. The largest absolute Gasteiger partial charge is 0.343 e. The fraction of sp³-hybridized carbons (Fsp3) is 0.818. The van der Waals surface area contributed by atoms with Crippen LogP contribution in [0.2, 0.25) is 0 Å². The Morgan fingerprint density at radius 1 is 1.38 bits per heavy atom. The van der Waals surface area contributed by atoms with Crippen molar-refractivity contribution in [3.8, 4) is 0 Å². The van der Waals surface area contributed by atoms with Crippen LogP contribution in [0.5, 0.6) is 0 Å². The first-order valence-corrected chi connectivity index (χ1v) is 6.20. The van der Waals surface area contributed by atoms with Gasteiger partial charge in [0.1, 0.15) is 0 Å². The lowest BCUT2D eigenvalue weighted by Gasteiger charge is -2.36. The first kappa shape index (κ1) is 11.7. The summed E-state index contributed by atoms with van der Waals surface area (Å²) in [6.07, 6.45) is 2.23. The van der Waals surface area contributed by atoms with Gasteiger partial charge in [-0.25, -0.2) is 0 Å². The molecule has 1 atom stereocenters. The number of piperidine rings is 1. The second-order valence-electron chi connectivity index (χ2n) is 4.58. The molecule has 2 heterocycles. The minimum atomic E-state index is -0.0293. The van der Waals surface area contributed by atoms with Gasteiger partial charge in [0.25, 0.3) is 0 Å². The highest BCUT2D eigenvalue weighted by molar-refractivity contribution is 6.22. The minimum Gasteiger partial charge on any atom is -0.343 e. The lowest BCUT2D eigenvalue weighted by Crippen LogP contribution is -2.46. The number of amides is 2. The molecular formula is C11H17ClN2O2. The predicted octanol–water partition coefficient (Wildman–Crippen LogP) is 0.837. The molecule has 0 bridgehead atoms. The van der Waals surface area contributed by atoms with Crippen LogP contribution in [-0.2, 0) is 9.59 Å². The number of likely N-dealkylation sites (tertiary alicyclic amines) is 2. The molecule has 0 aromatic heterocycles. The number of rotatable bonds is 1. The average Bonchev–Trinajstić information content (AvgIpc) is 2.58. The number of carbonyl (C=O) groups excluding carboxylic acids is 2. The molecule has 0 aromatic rings. The smallest absolute Gasteiger partial charge is 0.224 e. The number of halogens is 1. The van der Waals surface area contributed by atoms with Crippen molar-refractivity contribution in [1.29, 1.82) is 0 Å². The molecule has 5 heteroatoms. The maximum atomic E-state index is 11.7. The van der Waals surface area contributed by atoms with Crippen molar-refractivity contribution in [2.75, 3.05) is 19.6 Å². The normalized spacial score (nSPS) is 27.6. The van der Waals surface area contributed by atoms with E-state index in [0.29, 0.717) is 13.0 Å². The fourth-order valence-corrected chi connectivity index (χ4v) is 2.81. The molecule has 2 amide bonds. The highest BCUT2D eigenvalue weighted by Gasteiger charge is 2.35. The Morgan fingerprint density at radius 3 is 2.44 bits per heavy atom. The topological polar surface area (TPSA) is 40.6 Å². The summed E-state index contributed by atoms with van der Waals surface area (Å²) in [7, 11) is 0. The van der Waals surface area contributed by atoms with E-state index in [0.717, 1.165) is 25.9 Å². The Balaban J connectivity index is 1.89. The second-order valence-corrected chi connectivity index (χ2v) is 5.20. The van der Waals surface area contributed by atoms with Crippen LogP contribution in [0.25, 0.3) is 0 Å². The van der Waals surface area contributed by atoms with Crippen molar-refractivity contribution in [2.24, 2.45) is 0 Å². The zero-order valence-corrected chi connectivity index (χ0v) is 10.2. The van der Waals surface area contributed by atoms with Crippen LogP contribution in [0.15, 0.2) is 0 Å². The quantitative estimate of drug-likeness (QED) is 0.642. The van der Waals surface area contributed by atoms with Crippen LogP contribution < -0.4 is 0 Å². The van der Waals surface area contributed by atoms with Crippen molar-refractivity contribution in [3.05, 3.63) is 0 Å². The minimum absolute atomic E-state index is 0.0293. The molecule has 2 aliphatic rings. The predicted molar refractivity (Wildman–Crippen MR) is 61.2 cm³/mol. The van der Waals surface area contributed by atoms with Gasteiger partial charge in [0, 0.05) is 39.0 Å². The lowest BCUT2D eigenvalue weighted by atomic mass is 10.0. The maximum Gasteiger partial charge on any atom is 0.224 e. The van der Waals surface area contributed by atoms with Gasteiger partial charge in [0.2, 0.25) is 11.8 Å². The summed E-state index contributed by atoms with van der Waals surface area (Å²) in [6.45, 7) is 3.79. The summed E-state index contributed by atoms with van der Waals surface area (Å²) in [5, 5.41) is -0.0293. The van der Waals surface area contributed by atoms with Crippen molar-refractivity contribution in [1.82, 2.24) is 9.80 Å². The van der Waals surface area contributed by atoms with Crippen LogP contribution in [0.3, 0.4) is 0 Å². The van der Waals surface area contributed by atoms with E-state index in [2.05, 4.69) is 0 Å². The molecule has 0 aliphatic carbocycles. The van der Waals surface area contributed by atoms with Gasteiger partial charge in [-0.1, -0.05) is 0 Å². The third kappa shape index (κ3) is 2.32. The van der Waals surface area contributed by atoms with E-state index < -0.39 is 0 Å². The Bertz CT molecular complexity index is 300. The van der Waals surface area contributed by atoms with Crippen molar-refractivity contribution in [3.63, 3.8) is 0 Å². The monoisotopic (exact) mass is 244 g/mol. The van der Waals surface area contributed by atoms with E-state index >= 15 is 0 Å². The van der Waals surface area contributed by atoms with Gasteiger partial charge in [-0.15, -0.1) is 11.6 Å². The van der Waals surface area contributed by atoms with Gasteiger partial charge in [-0.05, 0) is 12.8 Å². The number of carbonyl (C=O) groups is 2. The number of nitrogens with zero attached hydrogens (tertiary/aromatic N) is 2. The van der Waals surface area contributed by atoms with E-state index in [1.165, 1.54) is 0 Å². The Hall–Kier alpha value is -0.770. The molecule has 0 spiro atoms. The zero-order chi connectivity index (χ0) is 11.7. The van der Waals surface area contributed by atoms with Gasteiger partial charge < -0.3 is 9.80 Å². The summed E-state index contributed by atoms with van der Waals surface area (Å²) in [4.78, 5) is 26.6. The average molecular weight is 245 g/mol. The molecule has 2 fully saturated rings. The summed E-state index contributed by atoms with van der Waals surface area (Å²) >= 11 is 5.97. The van der Waals surface area contributed by atoms with Gasteiger partial charge in [-0.3, -0.25) is 9.59 Å². The highest BCUT2D eigenvalue weighted by Crippen LogP contribution is 2.24. The summed E-state index contributed by atoms with van der Waals surface area (Å²) < 4.78 is 0. The third-order valence-electron chi connectivity index (χ3n) is 3.46. The number of hydrogen-bond donors (Lipinski definition) is 0. The molecule has 1 unspecified atom stereocenters. The standard InChI is InChI=1S/C11H17ClN2O2/c1-8(15)13-4-2-10(3-5-13)14-7-9(12)6-11(14)16/h9-10H,2-7H2,1H3. The molecule has 16 heavy (non-hydrogen) atoms. The molecule has 2 saturated heterocycles. The third-order valence-corrected chi connectivity index (χ3v) is 3.75. The lowest BCUT2D eigenvalue weighted by molar-refractivity contribution is -0.133. The number of hydrogen-bond acceptors (Lipinski definition) is 2. The molecule has 2 rings (SSSR count). The van der Waals surface area contributed by atoms with E-state index in [4.69, 9.17) is 11.6 Å². The van der Waals surface area contributed by atoms with E-state index in [-0.39, 0.29) is 23.2 Å². The molecule has 0 radical (unpaired) electrons. The van der Waals surface area contributed by atoms with Gasteiger partial charge in [0.15, 0.2) is 0 Å². The molecule has 0 saturated carbocycles. The first-order chi connectivity index (χ1) is 7.58. The second kappa shape index (κ2) is 4.62. The molecule has 90 valence electrons. The van der Waals surface area contributed by atoms with Crippen molar-refractivity contribution in [2.45, 2.75) is 37.6 Å². The van der Waals surface area contributed by atoms with Crippen LogP contribution >= 0.6 is 11.6 Å². The Kier molecular flexibility index (Phi) is 3.38. The van der Waals surface area contributed by atoms with Crippen molar-refractivity contribution < 1.29 is 9.59 Å². The molecule has 4 nitrogen and oxygen atoms in total. The van der Waals surface area contributed by atoms with Crippen LogP contribution in [0, 0.1) is 0 Å². The van der Waals surface area contributed by atoms with E-state index in [1.807, 2.05) is 9.80 Å². The van der Waals surface area contributed by atoms with Crippen LogP contribution in [0.4, 0.5) is 0 Å². The van der Waals surface area contributed by atoms with Gasteiger partial charge in [0.05, 0.1) is 5.38 Å². The highest BCUT2D eigenvalue weighted by atomic mass is 35.5. The maximum absolute atomic E-state index is 11.7. The molecule has 2 aliphatic heterocycles. The zero-order valence-electron chi connectivity index (χ0n) is 9.49. The van der Waals surface area contributed by atoms with Crippen LogP contribution in [-0.4, -0.2) is 52.7 Å². The van der Waals surface area contributed by atoms with E-state index in [9.17, 15) is 9.59 Å². The summed E-state index contributed by atoms with van der Waals surface area (Å²) in [6, 6.07) is 0.284. The Labute approximate surface area is 101 Å². The Morgan fingerprint density at radius 2 is 2.00 bits per heavy atom. The number of alkyl halides is 1. The van der Waals surface area contributed by atoms with Gasteiger partial charge >= 0.3 is 0 Å².